The molecule has 1 fully saturated rings. The Hall–Kier alpha value is -0.570. The van der Waals surface area contributed by atoms with Gasteiger partial charge in [0.15, 0.2) is 0 Å². The van der Waals surface area contributed by atoms with Crippen LogP contribution in [0.5, 0.6) is 0 Å². The topological polar surface area (TPSA) is 46.3 Å². The second-order valence-electron chi connectivity index (χ2n) is 2.98. The Balaban J connectivity index is 2.32. The summed E-state index contributed by atoms with van der Waals surface area (Å²) >= 11 is 0. The number of amides is 1. The lowest BCUT2D eigenvalue weighted by Crippen LogP contribution is -2.36. The Kier molecular flexibility index (Phi) is 2.88. The number of carbonyl (C=O) groups is 1. The molecule has 11 heavy (non-hydrogen) atoms. The van der Waals surface area contributed by atoms with Gasteiger partial charge in [-0.3, -0.25) is 4.79 Å². The molecule has 3 nitrogen and oxygen atoms in total. The van der Waals surface area contributed by atoms with Gasteiger partial charge in [0.2, 0.25) is 5.91 Å². The minimum atomic E-state index is 0.304. The molecule has 1 amide bonds. The third-order valence-electron chi connectivity index (χ3n) is 2.02. The first kappa shape index (κ1) is 8.53. The molecular weight excluding hydrogens is 140 g/mol. The van der Waals surface area contributed by atoms with Crippen molar-refractivity contribution >= 4 is 5.91 Å². The van der Waals surface area contributed by atoms with Gasteiger partial charge in [0, 0.05) is 25.6 Å². The number of nitrogens with zero attached hydrogens (tertiary/aromatic N) is 1. The van der Waals surface area contributed by atoms with Crippen LogP contribution in [0.1, 0.15) is 19.8 Å². The van der Waals surface area contributed by atoms with Gasteiger partial charge in [-0.1, -0.05) is 0 Å². The van der Waals surface area contributed by atoms with Gasteiger partial charge in [-0.15, -0.1) is 0 Å². The number of carbonyl (C=O) groups excluding carboxylic acids is 1. The SMILES string of the molecule is CCN(CCN)C(=O)C1CC1. The second kappa shape index (κ2) is 3.72. The predicted molar refractivity (Wildman–Crippen MR) is 44.0 cm³/mol. The van der Waals surface area contributed by atoms with E-state index in [0.717, 1.165) is 19.4 Å². The fourth-order valence-corrected chi connectivity index (χ4v) is 1.17. The summed E-state index contributed by atoms with van der Waals surface area (Å²) in [6.07, 6.45) is 2.17. The Morgan fingerprint density at radius 2 is 2.27 bits per heavy atom. The molecule has 0 aromatic rings. The van der Waals surface area contributed by atoms with E-state index in [1.54, 1.807) is 0 Å². The largest absolute Gasteiger partial charge is 0.341 e. The quantitative estimate of drug-likeness (QED) is 0.632. The summed E-state index contributed by atoms with van der Waals surface area (Å²) in [6, 6.07) is 0. The Morgan fingerprint density at radius 1 is 1.64 bits per heavy atom. The van der Waals surface area contributed by atoms with Crippen LogP contribution < -0.4 is 5.73 Å². The maximum Gasteiger partial charge on any atom is 0.225 e. The van der Waals surface area contributed by atoms with E-state index in [1.165, 1.54) is 0 Å². The zero-order valence-electron chi connectivity index (χ0n) is 7.05. The average molecular weight is 156 g/mol. The molecule has 3 heteroatoms. The van der Waals surface area contributed by atoms with E-state index in [9.17, 15) is 4.79 Å². The van der Waals surface area contributed by atoms with Crippen LogP contribution in [0.2, 0.25) is 0 Å². The molecule has 0 unspecified atom stereocenters. The Labute approximate surface area is 67.5 Å². The molecule has 0 saturated heterocycles. The van der Waals surface area contributed by atoms with Crippen molar-refractivity contribution in [2.45, 2.75) is 19.8 Å². The van der Waals surface area contributed by atoms with Gasteiger partial charge in [0.05, 0.1) is 0 Å². The monoisotopic (exact) mass is 156 g/mol. The van der Waals surface area contributed by atoms with Crippen LogP contribution in [0.15, 0.2) is 0 Å². The molecule has 0 radical (unpaired) electrons. The third-order valence-corrected chi connectivity index (χ3v) is 2.02. The molecule has 1 rings (SSSR count). The lowest BCUT2D eigenvalue weighted by Gasteiger charge is -2.19. The summed E-state index contributed by atoms with van der Waals surface area (Å²) in [7, 11) is 0. The minimum Gasteiger partial charge on any atom is -0.341 e. The summed E-state index contributed by atoms with van der Waals surface area (Å²) in [4.78, 5) is 13.2. The van der Waals surface area contributed by atoms with E-state index in [-0.39, 0.29) is 0 Å². The number of rotatable bonds is 4. The molecule has 2 N–H and O–H groups in total. The van der Waals surface area contributed by atoms with Crippen LogP contribution in [-0.2, 0) is 4.79 Å². The first-order valence-corrected chi connectivity index (χ1v) is 4.28. The zero-order valence-corrected chi connectivity index (χ0v) is 7.05. The van der Waals surface area contributed by atoms with Crippen molar-refractivity contribution in [2.75, 3.05) is 19.6 Å². The first-order valence-electron chi connectivity index (χ1n) is 4.28. The summed E-state index contributed by atoms with van der Waals surface area (Å²) in [5.74, 6) is 0.638. The zero-order chi connectivity index (χ0) is 8.27. The standard InChI is InChI=1S/C8H16N2O/c1-2-10(6-5-9)8(11)7-3-4-7/h7H,2-6,9H2,1H3. The molecule has 0 aromatic heterocycles. The lowest BCUT2D eigenvalue weighted by molar-refractivity contribution is -0.132. The Morgan fingerprint density at radius 3 is 2.64 bits per heavy atom. The molecule has 1 aliphatic carbocycles. The van der Waals surface area contributed by atoms with Gasteiger partial charge in [-0.2, -0.15) is 0 Å². The summed E-state index contributed by atoms with van der Waals surface area (Å²) in [6.45, 7) is 4.08. The molecule has 0 spiro atoms. The van der Waals surface area contributed by atoms with Crippen molar-refractivity contribution in [1.29, 1.82) is 0 Å². The van der Waals surface area contributed by atoms with E-state index in [1.807, 2.05) is 11.8 Å². The molecular formula is C8H16N2O. The molecule has 1 saturated carbocycles. The molecule has 64 valence electrons. The van der Waals surface area contributed by atoms with Crippen LogP contribution in [-0.4, -0.2) is 30.4 Å². The van der Waals surface area contributed by atoms with E-state index in [4.69, 9.17) is 5.73 Å². The summed E-state index contributed by atoms with van der Waals surface area (Å²) in [5, 5.41) is 0. The molecule has 0 heterocycles. The first-order chi connectivity index (χ1) is 5.29. The van der Waals surface area contributed by atoms with Crippen molar-refractivity contribution in [2.24, 2.45) is 11.7 Å². The van der Waals surface area contributed by atoms with Crippen LogP contribution in [0.3, 0.4) is 0 Å². The van der Waals surface area contributed by atoms with Crippen molar-refractivity contribution in [3.05, 3.63) is 0 Å². The minimum absolute atomic E-state index is 0.304. The summed E-state index contributed by atoms with van der Waals surface area (Å²) < 4.78 is 0. The molecule has 0 atom stereocenters. The number of hydrogen-bond acceptors (Lipinski definition) is 2. The van der Waals surface area contributed by atoms with Crippen molar-refractivity contribution in [3.8, 4) is 0 Å². The molecule has 0 aliphatic heterocycles. The predicted octanol–water partition coefficient (Wildman–Crippen LogP) is 0.204. The molecule has 0 bridgehead atoms. The highest BCUT2D eigenvalue weighted by Crippen LogP contribution is 2.30. The van der Waals surface area contributed by atoms with Crippen LogP contribution >= 0.6 is 0 Å². The average Bonchev–Trinajstić information content (AvgIpc) is 2.81. The van der Waals surface area contributed by atoms with Gasteiger partial charge < -0.3 is 10.6 Å². The maximum absolute atomic E-state index is 11.4. The maximum atomic E-state index is 11.4. The van der Waals surface area contributed by atoms with Crippen LogP contribution in [0, 0.1) is 5.92 Å². The third kappa shape index (κ3) is 2.19. The molecule has 0 aromatic carbocycles. The fourth-order valence-electron chi connectivity index (χ4n) is 1.17. The highest BCUT2D eigenvalue weighted by atomic mass is 16.2. The van der Waals surface area contributed by atoms with Crippen molar-refractivity contribution in [3.63, 3.8) is 0 Å². The van der Waals surface area contributed by atoms with Crippen molar-refractivity contribution < 1.29 is 4.79 Å². The second-order valence-corrected chi connectivity index (χ2v) is 2.98. The van der Waals surface area contributed by atoms with Crippen LogP contribution in [0.4, 0.5) is 0 Å². The van der Waals surface area contributed by atoms with Crippen molar-refractivity contribution in [1.82, 2.24) is 4.90 Å². The normalized spacial score (nSPS) is 16.5. The summed E-state index contributed by atoms with van der Waals surface area (Å²) in [5.41, 5.74) is 5.37. The number of nitrogens with two attached hydrogens (primary N) is 1. The number of likely N-dealkylation sites (N-methyl/N-ethyl adjacent to an activating group) is 1. The Bertz CT molecular complexity index is 143. The highest BCUT2D eigenvalue weighted by Gasteiger charge is 2.32. The number of hydrogen-bond donors (Lipinski definition) is 1. The van der Waals surface area contributed by atoms with Gasteiger partial charge in [0.25, 0.3) is 0 Å². The van der Waals surface area contributed by atoms with E-state index in [0.29, 0.717) is 24.9 Å². The fraction of sp³-hybridized carbons (Fsp3) is 0.875. The van der Waals surface area contributed by atoms with E-state index >= 15 is 0 Å². The smallest absolute Gasteiger partial charge is 0.225 e. The molecule has 1 aliphatic rings. The van der Waals surface area contributed by atoms with E-state index in [2.05, 4.69) is 0 Å². The highest BCUT2D eigenvalue weighted by molar-refractivity contribution is 5.80. The van der Waals surface area contributed by atoms with Gasteiger partial charge in [-0.25, -0.2) is 0 Å². The van der Waals surface area contributed by atoms with E-state index < -0.39 is 0 Å². The van der Waals surface area contributed by atoms with Gasteiger partial charge in [0.1, 0.15) is 0 Å². The van der Waals surface area contributed by atoms with Crippen LogP contribution in [0.25, 0.3) is 0 Å². The van der Waals surface area contributed by atoms with Gasteiger partial charge in [-0.05, 0) is 19.8 Å². The van der Waals surface area contributed by atoms with Gasteiger partial charge >= 0.3 is 0 Å². The lowest BCUT2D eigenvalue weighted by atomic mass is 10.3.